The Morgan fingerprint density at radius 3 is 2.38 bits per heavy atom. The van der Waals surface area contributed by atoms with Crippen LogP contribution in [0.3, 0.4) is 0 Å². The number of nitrogens with one attached hydrogen (secondary N) is 1. The number of carbonyl (C=O) groups excluding carboxylic acids is 1. The number of sulfonamides is 1. The fraction of sp³-hybridized carbons (Fsp3) is 0.222. The van der Waals surface area contributed by atoms with Crippen LogP contribution < -0.4 is 10.7 Å². The number of esters is 1. The second-order valence-corrected chi connectivity index (χ2v) is 4.58. The van der Waals surface area contributed by atoms with Crippen molar-refractivity contribution in [3.8, 4) is 0 Å². The Hall–Kier alpha value is -1.44. The van der Waals surface area contributed by atoms with Gasteiger partial charge in [-0.15, -0.1) is 0 Å². The molecule has 0 heterocycles. The first-order valence-electron chi connectivity index (χ1n) is 4.51. The second-order valence-electron chi connectivity index (χ2n) is 2.87. The van der Waals surface area contributed by atoms with Crippen molar-refractivity contribution in [2.45, 2.75) is 11.8 Å². The first-order chi connectivity index (χ1) is 7.51. The first-order valence-corrected chi connectivity index (χ1v) is 5.99. The summed E-state index contributed by atoms with van der Waals surface area (Å²) in [6.07, 6.45) is 0. The van der Waals surface area contributed by atoms with Crippen molar-refractivity contribution in [1.29, 1.82) is 0 Å². The minimum atomic E-state index is -3.68. The van der Waals surface area contributed by atoms with Crippen LogP contribution in [-0.2, 0) is 14.8 Å². The molecule has 0 saturated heterocycles. The summed E-state index contributed by atoms with van der Waals surface area (Å²) in [4.78, 5) is 12.9. The molecule has 0 amide bonds. The second kappa shape index (κ2) is 5.06. The number of hydrazine groups is 1. The van der Waals surface area contributed by atoms with Crippen LogP contribution in [0.1, 0.15) is 17.3 Å². The van der Waals surface area contributed by atoms with Crippen LogP contribution in [0, 0.1) is 0 Å². The molecule has 0 aromatic heterocycles. The number of carbonyl (C=O) groups is 1. The van der Waals surface area contributed by atoms with Gasteiger partial charge in [-0.05, 0) is 31.2 Å². The topological polar surface area (TPSA) is 98.5 Å². The Labute approximate surface area is 93.4 Å². The minimum absolute atomic E-state index is 0.0111. The van der Waals surface area contributed by atoms with Gasteiger partial charge in [0.05, 0.1) is 17.1 Å². The van der Waals surface area contributed by atoms with Crippen molar-refractivity contribution in [3.63, 3.8) is 0 Å². The molecule has 0 aliphatic rings. The monoisotopic (exact) mass is 244 g/mol. The molecule has 0 aliphatic heterocycles. The average Bonchev–Trinajstić information content (AvgIpc) is 2.29. The SMILES string of the molecule is CCOC(=O)c1ccc(S(=O)(=O)NN)cc1. The van der Waals surface area contributed by atoms with E-state index >= 15 is 0 Å². The van der Waals surface area contributed by atoms with E-state index in [1.165, 1.54) is 24.3 Å². The summed E-state index contributed by atoms with van der Waals surface area (Å²) < 4.78 is 27.3. The summed E-state index contributed by atoms with van der Waals surface area (Å²) in [5, 5.41) is 0. The van der Waals surface area contributed by atoms with Gasteiger partial charge in [0.15, 0.2) is 0 Å². The molecule has 0 saturated carbocycles. The number of ether oxygens (including phenoxy) is 1. The third kappa shape index (κ3) is 2.78. The predicted octanol–water partition coefficient (Wildman–Crippen LogP) is 0.0153. The number of benzene rings is 1. The highest BCUT2D eigenvalue weighted by Gasteiger charge is 2.13. The molecule has 0 unspecified atom stereocenters. The smallest absolute Gasteiger partial charge is 0.338 e. The maximum atomic E-state index is 11.3. The van der Waals surface area contributed by atoms with Gasteiger partial charge in [-0.3, -0.25) is 5.84 Å². The maximum Gasteiger partial charge on any atom is 0.338 e. The van der Waals surface area contributed by atoms with E-state index in [0.717, 1.165) is 0 Å². The summed E-state index contributed by atoms with van der Waals surface area (Å²) >= 11 is 0. The predicted molar refractivity (Wildman–Crippen MR) is 56.9 cm³/mol. The molecule has 1 aromatic rings. The van der Waals surface area contributed by atoms with Crippen LogP contribution in [0.15, 0.2) is 29.2 Å². The number of nitrogens with two attached hydrogens (primary N) is 1. The van der Waals surface area contributed by atoms with E-state index in [1.54, 1.807) is 11.8 Å². The molecule has 3 N–H and O–H groups in total. The van der Waals surface area contributed by atoms with E-state index < -0.39 is 16.0 Å². The van der Waals surface area contributed by atoms with Gasteiger partial charge < -0.3 is 4.74 Å². The van der Waals surface area contributed by atoms with Crippen molar-refractivity contribution in [2.24, 2.45) is 5.84 Å². The zero-order valence-electron chi connectivity index (χ0n) is 8.64. The molecule has 16 heavy (non-hydrogen) atoms. The van der Waals surface area contributed by atoms with E-state index in [-0.39, 0.29) is 17.1 Å². The van der Waals surface area contributed by atoms with Gasteiger partial charge in [0, 0.05) is 0 Å². The molecule has 7 heteroatoms. The number of hydrogen-bond acceptors (Lipinski definition) is 5. The van der Waals surface area contributed by atoms with Gasteiger partial charge in [0.2, 0.25) is 0 Å². The van der Waals surface area contributed by atoms with Crippen molar-refractivity contribution in [1.82, 2.24) is 4.83 Å². The maximum absolute atomic E-state index is 11.3. The Bertz CT molecular complexity index is 467. The van der Waals surface area contributed by atoms with Crippen LogP contribution in [0.5, 0.6) is 0 Å². The fourth-order valence-electron chi connectivity index (χ4n) is 1.05. The lowest BCUT2D eigenvalue weighted by Crippen LogP contribution is -2.30. The highest BCUT2D eigenvalue weighted by atomic mass is 32.2. The Balaban J connectivity index is 2.96. The van der Waals surface area contributed by atoms with Gasteiger partial charge in [-0.25, -0.2) is 13.2 Å². The van der Waals surface area contributed by atoms with Crippen LogP contribution >= 0.6 is 0 Å². The highest BCUT2D eigenvalue weighted by molar-refractivity contribution is 7.89. The molecule has 0 fully saturated rings. The van der Waals surface area contributed by atoms with Gasteiger partial charge in [0.1, 0.15) is 0 Å². The molecule has 1 rings (SSSR count). The molecule has 88 valence electrons. The first kappa shape index (κ1) is 12.6. The molecular weight excluding hydrogens is 232 g/mol. The van der Waals surface area contributed by atoms with Crippen LogP contribution in [0.25, 0.3) is 0 Å². The normalized spacial score (nSPS) is 11.1. The van der Waals surface area contributed by atoms with Crippen molar-refractivity contribution >= 4 is 16.0 Å². The van der Waals surface area contributed by atoms with Crippen molar-refractivity contribution in [3.05, 3.63) is 29.8 Å². The summed E-state index contributed by atoms with van der Waals surface area (Å²) in [6, 6.07) is 5.29. The van der Waals surface area contributed by atoms with E-state index in [4.69, 9.17) is 10.6 Å². The molecule has 1 aromatic carbocycles. The molecule has 0 aliphatic carbocycles. The Morgan fingerprint density at radius 1 is 1.38 bits per heavy atom. The lowest BCUT2D eigenvalue weighted by molar-refractivity contribution is 0.0526. The molecular formula is C9H12N2O4S. The summed E-state index contributed by atoms with van der Waals surface area (Å²) in [5.41, 5.74) is 0.290. The molecule has 0 radical (unpaired) electrons. The van der Waals surface area contributed by atoms with E-state index in [9.17, 15) is 13.2 Å². The van der Waals surface area contributed by atoms with Crippen LogP contribution in [0.4, 0.5) is 0 Å². The zero-order valence-corrected chi connectivity index (χ0v) is 9.45. The number of rotatable bonds is 4. The molecule has 0 spiro atoms. The van der Waals surface area contributed by atoms with Crippen LogP contribution in [-0.4, -0.2) is 21.0 Å². The number of hydrogen-bond donors (Lipinski definition) is 2. The van der Waals surface area contributed by atoms with Gasteiger partial charge in [-0.1, -0.05) is 0 Å². The third-order valence-corrected chi connectivity index (χ3v) is 3.03. The molecule has 0 atom stereocenters. The molecule has 0 bridgehead atoms. The van der Waals surface area contributed by atoms with Gasteiger partial charge in [0.25, 0.3) is 10.0 Å². The summed E-state index contributed by atoms with van der Waals surface area (Å²) in [6.45, 7) is 1.96. The van der Waals surface area contributed by atoms with Crippen molar-refractivity contribution in [2.75, 3.05) is 6.61 Å². The fourth-order valence-corrected chi connectivity index (χ4v) is 1.68. The summed E-state index contributed by atoms with van der Waals surface area (Å²) in [5.74, 6) is 4.36. The minimum Gasteiger partial charge on any atom is -0.462 e. The third-order valence-electron chi connectivity index (χ3n) is 1.83. The highest BCUT2D eigenvalue weighted by Crippen LogP contribution is 2.10. The Morgan fingerprint density at radius 2 is 1.94 bits per heavy atom. The lowest BCUT2D eigenvalue weighted by Gasteiger charge is -2.04. The largest absolute Gasteiger partial charge is 0.462 e. The van der Waals surface area contributed by atoms with E-state index in [0.29, 0.717) is 0 Å². The van der Waals surface area contributed by atoms with Gasteiger partial charge >= 0.3 is 5.97 Å². The average molecular weight is 244 g/mol. The summed E-state index contributed by atoms with van der Waals surface area (Å²) in [7, 11) is -3.68. The molecule has 6 nitrogen and oxygen atoms in total. The van der Waals surface area contributed by atoms with E-state index in [2.05, 4.69) is 0 Å². The standard InChI is InChI=1S/C9H12N2O4S/c1-2-15-9(12)7-3-5-8(6-4-7)16(13,14)11-10/h3-6,11H,2,10H2,1H3. The Kier molecular flexibility index (Phi) is 3.99. The quantitative estimate of drug-likeness (QED) is 0.442. The zero-order chi connectivity index (χ0) is 12.2. The van der Waals surface area contributed by atoms with Gasteiger partial charge in [-0.2, -0.15) is 4.83 Å². The van der Waals surface area contributed by atoms with Crippen molar-refractivity contribution < 1.29 is 17.9 Å². The van der Waals surface area contributed by atoms with E-state index in [1.807, 2.05) is 0 Å². The van der Waals surface area contributed by atoms with Crippen LogP contribution in [0.2, 0.25) is 0 Å². The lowest BCUT2D eigenvalue weighted by atomic mass is 10.2.